The van der Waals surface area contributed by atoms with E-state index >= 15 is 0 Å². The van der Waals surface area contributed by atoms with Crippen LogP contribution in [0.4, 0.5) is 17.5 Å². The third-order valence-corrected chi connectivity index (χ3v) is 4.26. The van der Waals surface area contributed by atoms with Gasteiger partial charge in [0.2, 0.25) is 5.95 Å². The molecule has 0 aliphatic heterocycles. The van der Waals surface area contributed by atoms with E-state index in [2.05, 4.69) is 53.6 Å². The number of pyridine rings is 1. The van der Waals surface area contributed by atoms with E-state index in [0.29, 0.717) is 24.0 Å². The highest BCUT2D eigenvalue weighted by Crippen LogP contribution is 2.29. The van der Waals surface area contributed by atoms with Crippen molar-refractivity contribution in [2.24, 2.45) is 0 Å². The summed E-state index contributed by atoms with van der Waals surface area (Å²) in [7, 11) is 0. The fourth-order valence-electron chi connectivity index (χ4n) is 2.64. The first-order valence-corrected chi connectivity index (χ1v) is 9.05. The van der Waals surface area contributed by atoms with Crippen LogP contribution in [0.15, 0.2) is 47.1 Å². The fourth-order valence-corrected chi connectivity index (χ4v) is 3.33. The second-order valence-electron chi connectivity index (χ2n) is 5.87. The SMILES string of the molecule is Cc1cc(Br)cc(C)c1Nc1cc(-c2ccccn2)nc(NCCO)n1. The van der Waals surface area contributed by atoms with Gasteiger partial charge in [0.05, 0.1) is 18.0 Å². The van der Waals surface area contributed by atoms with Crippen LogP contribution in [0.1, 0.15) is 11.1 Å². The van der Waals surface area contributed by atoms with Gasteiger partial charge in [-0.3, -0.25) is 4.98 Å². The van der Waals surface area contributed by atoms with E-state index in [0.717, 1.165) is 27.0 Å². The largest absolute Gasteiger partial charge is 0.395 e. The minimum absolute atomic E-state index is 0.00483. The third-order valence-electron chi connectivity index (χ3n) is 3.80. The zero-order chi connectivity index (χ0) is 18.5. The van der Waals surface area contributed by atoms with Crippen LogP contribution in [0, 0.1) is 13.8 Å². The quantitative estimate of drug-likeness (QED) is 0.564. The average Bonchev–Trinajstić information content (AvgIpc) is 2.63. The van der Waals surface area contributed by atoms with Crippen LogP contribution in [0.5, 0.6) is 0 Å². The molecule has 3 rings (SSSR count). The lowest BCUT2D eigenvalue weighted by Gasteiger charge is -2.15. The number of hydrogen-bond acceptors (Lipinski definition) is 6. The molecule has 3 aromatic rings. The summed E-state index contributed by atoms with van der Waals surface area (Å²) in [5.74, 6) is 1.10. The molecule has 134 valence electrons. The Morgan fingerprint density at radius 2 is 1.81 bits per heavy atom. The zero-order valence-electron chi connectivity index (χ0n) is 14.6. The van der Waals surface area contributed by atoms with Crippen LogP contribution in [0.2, 0.25) is 0 Å². The third kappa shape index (κ3) is 4.36. The van der Waals surface area contributed by atoms with E-state index in [1.807, 2.05) is 38.1 Å². The van der Waals surface area contributed by atoms with Crippen LogP contribution in [0.3, 0.4) is 0 Å². The topological polar surface area (TPSA) is 83.0 Å². The highest BCUT2D eigenvalue weighted by molar-refractivity contribution is 9.10. The number of aliphatic hydroxyl groups excluding tert-OH is 1. The maximum atomic E-state index is 9.07. The van der Waals surface area contributed by atoms with E-state index < -0.39 is 0 Å². The van der Waals surface area contributed by atoms with Crippen LogP contribution in [-0.4, -0.2) is 33.2 Å². The van der Waals surface area contributed by atoms with Gasteiger partial charge in [-0.05, 0) is 49.2 Å². The molecular formula is C19H20BrN5O. The van der Waals surface area contributed by atoms with Gasteiger partial charge in [0.1, 0.15) is 5.82 Å². The highest BCUT2D eigenvalue weighted by Gasteiger charge is 2.10. The molecule has 0 atom stereocenters. The first kappa shape index (κ1) is 18.3. The minimum Gasteiger partial charge on any atom is -0.395 e. The first-order chi connectivity index (χ1) is 12.6. The molecule has 6 nitrogen and oxygen atoms in total. The zero-order valence-corrected chi connectivity index (χ0v) is 16.2. The van der Waals surface area contributed by atoms with Gasteiger partial charge in [-0.2, -0.15) is 4.98 Å². The Morgan fingerprint density at radius 1 is 1.04 bits per heavy atom. The van der Waals surface area contributed by atoms with Crippen molar-refractivity contribution in [1.82, 2.24) is 15.0 Å². The number of aromatic nitrogens is 3. The Bertz CT molecular complexity index is 879. The van der Waals surface area contributed by atoms with Crippen molar-refractivity contribution in [2.75, 3.05) is 23.8 Å². The summed E-state index contributed by atoms with van der Waals surface area (Å²) in [5, 5.41) is 15.5. The number of anilines is 3. The number of nitrogens with one attached hydrogen (secondary N) is 2. The normalized spacial score (nSPS) is 10.6. The Balaban J connectivity index is 2.01. The van der Waals surface area contributed by atoms with Crippen molar-refractivity contribution in [3.8, 4) is 11.4 Å². The molecular weight excluding hydrogens is 394 g/mol. The fraction of sp³-hybridized carbons (Fsp3) is 0.211. The lowest BCUT2D eigenvalue weighted by Crippen LogP contribution is -2.10. The summed E-state index contributed by atoms with van der Waals surface area (Å²) < 4.78 is 1.04. The predicted octanol–water partition coefficient (Wildman–Crippen LogP) is 4.07. The Morgan fingerprint density at radius 3 is 2.46 bits per heavy atom. The molecule has 2 aromatic heterocycles. The van der Waals surface area contributed by atoms with Gasteiger partial charge in [0, 0.05) is 29.0 Å². The van der Waals surface area contributed by atoms with Crippen molar-refractivity contribution in [2.45, 2.75) is 13.8 Å². The molecule has 0 fully saturated rings. The number of benzene rings is 1. The van der Waals surface area contributed by atoms with E-state index in [9.17, 15) is 0 Å². The number of halogens is 1. The summed E-state index contributed by atoms with van der Waals surface area (Å²) in [6.45, 7) is 4.48. The molecule has 2 heterocycles. The summed E-state index contributed by atoms with van der Waals surface area (Å²) in [4.78, 5) is 13.4. The van der Waals surface area contributed by atoms with Gasteiger partial charge in [0.25, 0.3) is 0 Å². The van der Waals surface area contributed by atoms with Gasteiger partial charge in [-0.15, -0.1) is 0 Å². The summed E-state index contributed by atoms with van der Waals surface area (Å²) in [6, 6.07) is 11.7. The predicted molar refractivity (Wildman–Crippen MR) is 108 cm³/mol. The van der Waals surface area contributed by atoms with Gasteiger partial charge < -0.3 is 15.7 Å². The molecule has 0 radical (unpaired) electrons. The monoisotopic (exact) mass is 413 g/mol. The second-order valence-corrected chi connectivity index (χ2v) is 6.78. The second kappa shape index (κ2) is 8.25. The van der Waals surface area contributed by atoms with E-state index in [4.69, 9.17) is 5.11 Å². The Kier molecular flexibility index (Phi) is 5.80. The van der Waals surface area contributed by atoms with E-state index in [-0.39, 0.29) is 6.61 Å². The van der Waals surface area contributed by atoms with Crippen molar-refractivity contribution in [3.63, 3.8) is 0 Å². The van der Waals surface area contributed by atoms with Gasteiger partial charge in [-0.25, -0.2) is 4.98 Å². The standard InChI is InChI=1S/C19H20BrN5O/c1-12-9-14(20)10-13(2)18(12)24-17-11-16(15-5-3-4-6-21-15)23-19(25-17)22-7-8-26/h3-6,9-11,26H,7-8H2,1-2H3,(H2,22,23,24,25). The Hall–Kier alpha value is -2.51. The number of hydrogen-bond donors (Lipinski definition) is 3. The average molecular weight is 414 g/mol. The lowest BCUT2D eigenvalue weighted by molar-refractivity contribution is 0.311. The van der Waals surface area contributed by atoms with Gasteiger partial charge >= 0.3 is 0 Å². The lowest BCUT2D eigenvalue weighted by atomic mass is 10.1. The van der Waals surface area contributed by atoms with Crippen molar-refractivity contribution < 1.29 is 5.11 Å². The molecule has 0 aliphatic carbocycles. The molecule has 3 N–H and O–H groups in total. The van der Waals surface area contributed by atoms with Crippen LogP contribution >= 0.6 is 15.9 Å². The molecule has 0 unspecified atom stereocenters. The van der Waals surface area contributed by atoms with Crippen LogP contribution in [-0.2, 0) is 0 Å². The molecule has 0 amide bonds. The van der Waals surface area contributed by atoms with E-state index in [1.54, 1.807) is 6.20 Å². The molecule has 1 aromatic carbocycles. The molecule has 0 saturated carbocycles. The first-order valence-electron chi connectivity index (χ1n) is 8.26. The number of nitrogens with zero attached hydrogens (tertiary/aromatic N) is 3. The number of rotatable bonds is 6. The van der Waals surface area contributed by atoms with Crippen molar-refractivity contribution in [3.05, 3.63) is 58.2 Å². The summed E-state index contributed by atoms with van der Waals surface area (Å²) in [5.41, 5.74) is 4.69. The van der Waals surface area contributed by atoms with Crippen molar-refractivity contribution >= 4 is 33.4 Å². The summed E-state index contributed by atoms with van der Waals surface area (Å²) >= 11 is 3.52. The van der Waals surface area contributed by atoms with E-state index in [1.165, 1.54) is 0 Å². The highest BCUT2D eigenvalue weighted by atomic mass is 79.9. The molecule has 7 heteroatoms. The molecule has 0 aliphatic rings. The van der Waals surface area contributed by atoms with Crippen LogP contribution < -0.4 is 10.6 Å². The molecule has 0 spiro atoms. The van der Waals surface area contributed by atoms with Gasteiger partial charge in [-0.1, -0.05) is 22.0 Å². The maximum absolute atomic E-state index is 9.07. The number of aryl methyl sites for hydroxylation is 2. The van der Waals surface area contributed by atoms with Gasteiger partial charge in [0.15, 0.2) is 0 Å². The minimum atomic E-state index is 0.00483. The molecule has 26 heavy (non-hydrogen) atoms. The van der Waals surface area contributed by atoms with Crippen LogP contribution in [0.25, 0.3) is 11.4 Å². The molecule has 0 bridgehead atoms. The molecule has 0 saturated heterocycles. The summed E-state index contributed by atoms with van der Waals surface area (Å²) in [6.07, 6.45) is 1.73. The van der Waals surface area contributed by atoms with Crippen molar-refractivity contribution in [1.29, 1.82) is 0 Å². The number of aliphatic hydroxyl groups is 1. The maximum Gasteiger partial charge on any atom is 0.225 e. The smallest absolute Gasteiger partial charge is 0.225 e. The Labute approximate surface area is 160 Å².